The van der Waals surface area contributed by atoms with Gasteiger partial charge in [0, 0.05) is 77.7 Å². The second kappa shape index (κ2) is 10.0. The van der Waals surface area contributed by atoms with Crippen LogP contribution in [0, 0.1) is 5.92 Å². The number of nitrogens with zero attached hydrogens (tertiary/aromatic N) is 10. The van der Waals surface area contributed by atoms with Gasteiger partial charge in [0.25, 0.3) is 0 Å². The van der Waals surface area contributed by atoms with E-state index < -0.39 is 0 Å². The van der Waals surface area contributed by atoms with Gasteiger partial charge >= 0.3 is 0 Å². The highest BCUT2D eigenvalue weighted by molar-refractivity contribution is 5.92. The fourth-order valence-corrected chi connectivity index (χ4v) is 5.79. The zero-order valence-corrected chi connectivity index (χ0v) is 22.8. The maximum absolute atomic E-state index is 13.3. The van der Waals surface area contributed by atoms with E-state index in [4.69, 9.17) is 14.8 Å². The standard InChI is InChI=1S/C27H33N11O2/c1-34-9-11-36(12-10-34)26(39)18-5-8-37(17-18)25-19-15-29-23-14-21(19)38(33-25)7-3-13-40-27-20(16-30-35(27)2)24-28-6-4-22(31-23)32-24/h4,6,14-16,18H,3,5,7-13,17H2,1-2H3,(H,28,29,31,32). The van der Waals surface area contributed by atoms with Crippen LogP contribution in [-0.4, -0.2) is 103 Å². The van der Waals surface area contributed by atoms with E-state index in [-0.39, 0.29) is 11.8 Å². The molecular formula is C27H33N11O2. The fourth-order valence-electron chi connectivity index (χ4n) is 5.79. The minimum atomic E-state index is -0.00688. The van der Waals surface area contributed by atoms with E-state index >= 15 is 0 Å². The molecule has 7 heterocycles. The van der Waals surface area contributed by atoms with Gasteiger partial charge in [-0.1, -0.05) is 0 Å². The van der Waals surface area contributed by atoms with Crippen LogP contribution in [-0.2, 0) is 18.4 Å². The number of likely N-dealkylation sites (N-methyl/N-ethyl adjacent to an activating group) is 1. The number of piperazine rings is 1. The number of pyridine rings is 1. The summed E-state index contributed by atoms with van der Waals surface area (Å²) in [4.78, 5) is 33.7. The number of hydrogen-bond acceptors (Lipinski definition) is 10. The van der Waals surface area contributed by atoms with Crippen LogP contribution in [0.3, 0.4) is 0 Å². The SMILES string of the molecule is CN1CCN(C(=O)C2CCN(c3nn4c5cc(ncc35)Nc3ccnc(n3)-c3cnn(C)c3OCCC4)C2)CC1. The van der Waals surface area contributed by atoms with Crippen LogP contribution >= 0.6 is 0 Å². The van der Waals surface area contributed by atoms with Crippen molar-refractivity contribution in [3.8, 4) is 17.3 Å². The highest BCUT2D eigenvalue weighted by atomic mass is 16.5. The number of nitrogens with one attached hydrogen (secondary N) is 1. The zero-order valence-electron chi connectivity index (χ0n) is 22.8. The van der Waals surface area contributed by atoms with Crippen LogP contribution < -0.4 is 15.0 Å². The molecule has 40 heavy (non-hydrogen) atoms. The summed E-state index contributed by atoms with van der Waals surface area (Å²) in [6.45, 7) is 6.11. The number of amides is 1. The number of anilines is 3. The number of carbonyl (C=O) groups excluding carboxylic acids is 1. The Hall–Kier alpha value is -4.26. The number of fused-ring (bicyclic) bond motifs is 5. The van der Waals surface area contributed by atoms with Crippen molar-refractivity contribution in [2.24, 2.45) is 13.0 Å². The quantitative estimate of drug-likeness (QED) is 0.400. The molecule has 0 aromatic carbocycles. The van der Waals surface area contributed by atoms with E-state index in [1.54, 1.807) is 17.1 Å². The van der Waals surface area contributed by atoms with E-state index in [9.17, 15) is 4.79 Å². The molecule has 0 radical (unpaired) electrons. The summed E-state index contributed by atoms with van der Waals surface area (Å²) in [7, 11) is 3.95. The molecule has 3 aliphatic rings. The third-order valence-electron chi connectivity index (χ3n) is 8.06. The van der Waals surface area contributed by atoms with E-state index in [2.05, 4.69) is 37.2 Å². The monoisotopic (exact) mass is 543 g/mol. The Morgan fingerprint density at radius 1 is 1.05 bits per heavy atom. The largest absolute Gasteiger partial charge is 0.477 e. The van der Waals surface area contributed by atoms with Crippen molar-refractivity contribution in [3.05, 3.63) is 30.7 Å². The van der Waals surface area contributed by atoms with Gasteiger partial charge in [-0.3, -0.25) is 9.48 Å². The van der Waals surface area contributed by atoms with Crippen molar-refractivity contribution in [2.75, 3.05) is 63.1 Å². The molecule has 0 aliphatic carbocycles. The number of aromatic nitrogens is 7. The third-order valence-corrected chi connectivity index (χ3v) is 8.06. The Morgan fingerprint density at radius 3 is 2.80 bits per heavy atom. The maximum atomic E-state index is 13.3. The molecule has 13 nitrogen and oxygen atoms in total. The molecule has 1 amide bonds. The Bertz CT molecular complexity index is 1560. The molecule has 2 saturated heterocycles. The molecule has 1 N–H and O–H groups in total. The molecule has 0 saturated carbocycles. The van der Waals surface area contributed by atoms with Crippen LogP contribution in [0.5, 0.6) is 5.88 Å². The predicted molar refractivity (Wildman–Crippen MR) is 150 cm³/mol. The first-order valence-corrected chi connectivity index (χ1v) is 13.9. The molecule has 3 aliphatic heterocycles. The second-order valence-corrected chi connectivity index (χ2v) is 10.8. The van der Waals surface area contributed by atoms with Gasteiger partial charge in [0.05, 0.1) is 29.6 Å². The van der Waals surface area contributed by atoms with Gasteiger partial charge in [-0.05, 0) is 19.5 Å². The first-order chi connectivity index (χ1) is 19.5. The average molecular weight is 544 g/mol. The zero-order chi connectivity index (χ0) is 27.2. The lowest BCUT2D eigenvalue weighted by molar-refractivity contribution is -0.136. The molecule has 2 fully saturated rings. The molecular weight excluding hydrogens is 510 g/mol. The number of hydrogen-bond donors (Lipinski definition) is 1. The van der Waals surface area contributed by atoms with Crippen LogP contribution in [0.15, 0.2) is 30.7 Å². The van der Waals surface area contributed by atoms with Crippen LogP contribution in [0.1, 0.15) is 12.8 Å². The predicted octanol–water partition coefficient (Wildman–Crippen LogP) is 1.75. The third kappa shape index (κ3) is 4.49. The summed E-state index contributed by atoms with van der Waals surface area (Å²) in [5.74, 6) is 3.61. The number of ether oxygens (including phenoxy) is 1. The molecule has 1 unspecified atom stereocenters. The molecule has 4 bridgehead atoms. The van der Waals surface area contributed by atoms with Crippen molar-refractivity contribution >= 4 is 34.3 Å². The van der Waals surface area contributed by atoms with Gasteiger partial charge in [-0.2, -0.15) is 10.2 Å². The van der Waals surface area contributed by atoms with Crippen molar-refractivity contribution in [1.82, 2.24) is 44.3 Å². The van der Waals surface area contributed by atoms with Crippen LogP contribution in [0.4, 0.5) is 17.5 Å². The number of aryl methyl sites for hydroxylation is 2. The van der Waals surface area contributed by atoms with Crippen molar-refractivity contribution in [3.63, 3.8) is 0 Å². The van der Waals surface area contributed by atoms with Crippen LogP contribution in [0.25, 0.3) is 22.3 Å². The smallest absolute Gasteiger partial charge is 0.227 e. The summed E-state index contributed by atoms with van der Waals surface area (Å²) in [6.07, 6.45) is 6.89. The number of rotatable bonds is 2. The molecule has 7 rings (SSSR count). The second-order valence-electron chi connectivity index (χ2n) is 10.8. The highest BCUT2D eigenvalue weighted by Gasteiger charge is 2.34. The van der Waals surface area contributed by atoms with E-state index in [0.717, 1.165) is 67.8 Å². The van der Waals surface area contributed by atoms with Gasteiger partial charge in [-0.15, -0.1) is 0 Å². The van der Waals surface area contributed by atoms with Gasteiger partial charge in [0.1, 0.15) is 17.2 Å². The Balaban J connectivity index is 1.18. The molecule has 4 aromatic heterocycles. The van der Waals surface area contributed by atoms with Crippen molar-refractivity contribution < 1.29 is 9.53 Å². The topological polar surface area (TPSA) is 122 Å². The molecule has 13 heteroatoms. The summed E-state index contributed by atoms with van der Waals surface area (Å²) >= 11 is 0. The molecule has 0 spiro atoms. The lowest BCUT2D eigenvalue weighted by Crippen LogP contribution is -2.49. The summed E-state index contributed by atoms with van der Waals surface area (Å²) < 4.78 is 9.88. The normalized spacial score (nSPS) is 19.8. The first kappa shape index (κ1) is 24.8. The van der Waals surface area contributed by atoms with Crippen molar-refractivity contribution in [2.45, 2.75) is 19.4 Å². The van der Waals surface area contributed by atoms with Gasteiger partial charge in [-0.25, -0.2) is 19.6 Å². The minimum absolute atomic E-state index is 0.00688. The fraction of sp³-hybridized carbons (Fsp3) is 0.481. The number of carbonyl (C=O) groups is 1. The Kier molecular flexibility index (Phi) is 6.22. The van der Waals surface area contributed by atoms with Crippen molar-refractivity contribution in [1.29, 1.82) is 0 Å². The maximum Gasteiger partial charge on any atom is 0.227 e. The molecule has 208 valence electrons. The lowest BCUT2D eigenvalue weighted by Gasteiger charge is -2.34. The summed E-state index contributed by atoms with van der Waals surface area (Å²) in [5, 5.41) is 13.7. The minimum Gasteiger partial charge on any atom is -0.477 e. The van der Waals surface area contributed by atoms with E-state index in [1.165, 1.54) is 0 Å². The lowest BCUT2D eigenvalue weighted by atomic mass is 10.1. The van der Waals surface area contributed by atoms with Gasteiger partial charge in [0.2, 0.25) is 11.8 Å². The summed E-state index contributed by atoms with van der Waals surface area (Å²) in [6, 6.07) is 3.82. The Morgan fingerprint density at radius 2 is 1.93 bits per heavy atom. The molecule has 1 atom stereocenters. The average Bonchev–Trinajstić information content (AvgIpc) is 3.68. The highest BCUT2D eigenvalue weighted by Crippen LogP contribution is 2.33. The first-order valence-electron chi connectivity index (χ1n) is 13.9. The van der Waals surface area contributed by atoms with Gasteiger partial charge in [0.15, 0.2) is 11.6 Å². The Labute approximate surface area is 231 Å². The van der Waals surface area contributed by atoms with E-state index in [0.29, 0.717) is 43.0 Å². The summed E-state index contributed by atoms with van der Waals surface area (Å²) in [5.41, 5.74) is 1.72. The van der Waals surface area contributed by atoms with Crippen LogP contribution in [0.2, 0.25) is 0 Å². The van der Waals surface area contributed by atoms with Gasteiger partial charge < -0.3 is 24.8 Å². The van der Waals surface area contributed by atoms with E-state index in [1.807, 2.05) is 35.0 Å². The molecule has 4 aromatic rings.